The van der Waals surface area contributed by atoms with Crippen molar-refractivity contribution in [2.24, 2.45) is 0 Å². The molecule has 0 saturated heterocycles. The summed E-state index contributed by atoms with van der Waals surface area (Å²) in [4.78, 5) is 14.1. The van der Waals surface area contributed by atoms with Crippen molar-refractivity contribution < 1.29 is 39.5 Å². The monoisotopic (exact) mass is 489 g/mol. The Hall–Kier alpha value is 0.430. The number of carbonyl (C=O) groups excluding carboxylic acids is 1. The molecule has 0 rings (SSSR count). The third-order valence-electron chi connectivity index (χ3n) is 7.14. The van der Waals surface area contributed by atoms with Crippen LogP contribution in [0.1, 0.15) is 168 Å². The van der Waals surface area contributed by atoms with E-state index in [1.807, 2.05) is 0 Å². The molecule has 0 aromatic heterocycles. The number of carbonyl (C=O) groups is 1. The van der Waals surface area contributed by atoms with Gasteiger partial charge in [-0.1, -0.05) is 149 Å². The van der Waals surface area contributed by atoms with Gasteiger partial charge in [-0.05, 0) is 32.4 Å². The summed E-state index contributed by atoms with van der Waals surface area (Å²) in [5.74, 6) is -0.859. The molecule has 0 aliphatic heterocycles. The summed E-state index contributed by atoms with van der Waals surface area (Å²) in [6.45, 7) is 8.54. The van der Waals surface area contributed by atoms with Gasteiger partial charge in [-0.3, -0.25) is 4.90 Å². The third kappa shape index (κ3) is 24.1. The van der Waals surface area contributed by atoms with Crippen LogP contribution < -0.4 is 34.7 Å². The van der Waals surface area contributed by atoms with Crippen molar-refractivity contribution in [3.63, 3.8) is 0 Å². The Morgan fingerprint density at radius 2 is 0.824 bits per heavy atom. The van der Waals surface area contributed by atoms with Crippen molar-refractivity contribution >= 4 is 5.97 Å². The molecule has 0 radical (unpaired) electrons. The summed E-state index contributed by atoms with van der Waals surface area (Å²) < 4.78 is 0. The van der Waals surface area contributed by atoms with Crippen molar-refractivity contribution in [3.05, 3.63) is 0 Å². The molecule has 0 fully saturated rings. The van der Waals surface area contributed by atoms with E-state index in [0.29, 0.717) is 0 Å². The molecule has 0 N–H and O–H groups in total. The number of carboxylic acids is 1. The first-order chi connectivity index (χ1) is 16.2. The number of carboxylic acid groups (broad SMARTS) is 1. The van der Waals surface area contributed by atoms with Gasteiger partial charge in [-0.2, -0.15) is 0 Å². The molecule has 4 heteroatoms. The van der Waals surface area contributed by atoms with E-state index in [1.54, 1.807) is 0 Å². The molecule has 1 atom stereocenters. The predicted octanol–water partition coefficient (Wildman–Crippen LogP) is 5.44. The largest absolute Gasteiger partial charge is 1.00 e. The molecule has 0 aromatic rings. The summed E-state index contributed by atoms with van der Waals surface area (Å²) in [5, 5.41) is 11.9. The van der Waals surface area contributed by atoms with Gasteiger partial charge in [0.15, 0.2) is 0 Å². The summed E-state index contributed by atoms with van der Waals surface area (Å²) >= 11 is 0. The maximum atomic E-state index is 11.9. The molecule has 34 heavy (non-hydrogen) atoms. The molecule has 198 valence electrons. The van der Waals surface area contributed by atoms with Crippen LogP contribution in [0.3, 0.4) is 0 Å². The molecular weight excluding hydrogens is 429 g/mol. The van der Waals surface area contributed by atoms with E-state index in [1.165, 1.54) is 116 Å². The van der Waals surface area contributed by atoms with Crippen LogP contribution in [-0.2, 0) is 4.79 Å². The van der Waals surface area contributed by atoms with Crippen molar-refractivity contribution in [2.75, 3.05) is 13.1 Å². The summed E-state index contributed by atoms with van der Waals surface area (Å²) in [6, 6.07) is -0.387. The molecule has 1 unspecified atom stereocenters. The molecule has 0 aliphatic carbocycles. The Balaban J connectivity index is 0. The normalized spacial score (nSPS) is 12.1. The molecule has 0 bridgehead atoms. The van der Waals surface area contributed by atoms with Crippen molar-refractivity contribution in [3.8, 4) is 0 Å². The third-order valence-corrected chi connectivity index (χ3v) is 7.14. The Bertz CT molecular complexity index is 381. The van der Waals surface area contributed by atoms with E-state index in [2.05, 4.69) is 25.7 Å². The van der Waals surface area contributed by atoms with E-state index in [-0.39, 0.29) is 35.6 Å². The van der Waals surface area contributed by atoms with Crippen LogP contribution in [-0.4, -0.2) is 30.0 Å². The minimum absolute atomic E-state index is 0. The smallest absolute Gasteiger partial charge is 0.548 e. The topological polar surface area (TPSA) is 43.4 Å². The fourth-order valence-electron chi connectivity index (χ4n) is 4.88. The van der Waals surface area contributed by atoms with Crippen LogP contribution >= 0.6 is 0 Å². The van der Waals surface area contributed by atoms with E-state index in [0.717, 1.165) is 45.2 Å². The number of hydrogen-bond donors (Lipinski definition) is 0. The molecule has 0 heterocycles. The van der Waals surface area contributed by atoms with Crippen LogP contribution in [0.15, 0.2) is 0 Å². The number of rotatable bonds is 27. The fraction of sp³-hybridized carbons (Fsp3) is 0.967. The number of nitrogens with zero attached hydrogens (tertiary/aromatic N) is 1. The predicted molar refractivity (Wildman–Crippen MR) is 144 cm³/mol. The second-order valence-corrected chi connectivity index (χ2v) is 10.4. The first-order valence-corrected chi connectivity index (χ1v) is 15.1. The van der Waals surface area contributed by atoms with E-state index in [4.69, 9.17) is 0 Å². The van der Waals surface area contributed by atoms with Gasteiger partial charge < -0.3 is 9.90 Å². The Morgan fingerprint density at radius 3 is 1.12 bits per heavy atom. The molecule has 0 amide bonds. The van der Waals surface area contributed by atoms with Crippen molar-refractivity contribution in [1.82, 2.24) is 4.90 Å². The van der Waals surface area contributed by atoms with Gasteiger partial charge in [0.05, 0.1) is 5.97 Å². The zero-order valence-electron chi connectivity index (χ0n) is 24.0. The maximum absolute atomic E-state index is 11.9. The minimum atomic E-state index is -0.859. The van der Waals surface area contributed by atoms with Crippen LogP contribution in [0, 0.1) is 0 Å². The Morgan fingerprint density at radius 1 is 0.529 bits per heavy atom. The Kier molecular flexibility index (Phi) is 31.9. The summed E-state index contributed by atoms with van der Waals surface area (Å²) in [7, 11) is 0. The SMILES string of the molecule is CCCCCCCCCCCCN(CCCCCCCCCCCC)C(CCCC)C(=O)[O-].[Na+]. The maximum Gasteiger partial charge on any atom is 1.00 e. The first kappa shape index (κ1) is 36.6. The fourth-order valence-corrected chi connectivity index (χ4v) is 4.88. The second-order valence-electron chi connectivity index (χ2n) is 10.4. The minimum Gasteiger partial charge on any atom is -0.548 e. The van der Waals surface area contributed by atoms with Crippen LogP contribution in [0.2, 0.25) is 0 Å². The quantitative estimate of drug-likeness (QED) is 0.114. The van der Waals surface area contributed by atoms with Gasteiger partial charge >= 0.3 is 29.6 Å². The van der Waals surface area contributed by atoms with Crippen molar-refractivity contribution in [2.45, 2.75) is 174 Å². The number of hydrogen-bond acceptors (Lipinski definition) is 3. The second kappa shape index (κ2) is 29.7. The van der Waals surface area contributed by atoms with Gasteiger partial charge in [0.1, 0.15) is 0 Å². The van der Waals surface area contributed by atoms with Gasteiger partial charge in [0, 0.05) is 6.04 Å². The molecular formula is C30H60NNaO2. The van der Waals surface area contributed by atoms with Gasteiger partial charge in [-0.15, -0.1) is 0 Å². The van der Waals surface area contributed by atoms with Gasteiger partial charge in [0.25, 0.3) is 0 Å². The van der Waals surface area contributed by atoms with Crippen LogP contribution in [0.25, 0.3) is 0 Å². The van der Waals surface area contributed by atoms with Crippen LogP contribution in [0.5, 0.6) is 0 Å². The molecule has 0 aliphatic rings. The van der Waals surface area contributed by atoms with Crippen molar-refractivity contribution in [1.29, 1.82) is 0 Å². The standard InChI is InChI=1S/C30H61NO2.Na/c1-4-7-10-12-14-16-18-20-22-24-27-31(29(30(32)33)26-9-6-3)28-25-23-21-19-17-15-13-11-8-5-2;/h29H,4-28H2,1-3H3,(H,32,33);/q;+1/p-1. The molecule has 3 nitrogen and oxygen atoms in total. The summed E-state index contributed by atoms with van der Waals surface area (Å²) in [6.07, 6.45) is 29.2. The first-order valence-electron chi connectivity index (χ1n) is 15.1. The van der Waals surface area contributed by atoms with E-state index >= 15 is 0 Å². The molecule has 0 aromatic carbocycles. The average molecular weight is 490 g/mol. The molecule has 0 spiro atoms. The zero-order valence-corrected chi connectivity index (χ0v) is 26.0. The van der Waals surface area contributed by atoms with E-state index < -0.39 is 5.97 Å². The number of aliphatic carboxylic acids is 1. The zero-order chi connectivity index (χ0) is 24.4. The molecule has 0 saturated carbocycles. The number of unbranched alkanes of at least 4 members (excludes halogenated alkanes) is 19. The Labute approximate surface area is 236 Å². The van der Waals surface area contributed by atoms with E-state index in [9.17, 15) is 9.90 Å². The van der Waals surface area contributed by atoms with Gasteiger partial charge in [0.2, 0.25) is 0 Å². The van der Waals surface area contributed by atoms with Crippen LogP contribution in [0.4, 0.5) is 0 Å². The van der Waals surface area contributed by atoms with Gasteiger partial charge in [-0.25, -0.2) is 0 Å². The summed E-state index contributed by atoms with van der Waals surface area (Å²) in [5.41, 5.74) is 0. The average Bonchev–Trinajstić information content (AvgIpc) is 2.80.